The second-order valence-electron chi connectivity index (χ2n) is 9.09. The Bertz CT molecular complexity index is 1390. The number of nitrogens with one attached hydrogen (secondary N) is 2. The first-order valence-electron chi connectivity index (χ1n) is 12.7. The predicted molar refractivity (Wildman–Crippen MR) is 154 cm³/mol. The molecule has 0 saturated carbocycles. The number of methoxy groups -OCH3 is 2. The molecule has 39 heavy (non-hydrogen) atoms. The largest absolute Gasteiger partial charge is 0.496 e. The SMILES string of the molecule is COCCN(CC(=O)N(CCc1c[nH]c2ccccc12)Cc1ccccc1OC)C(=O)Nc1ccc(Cl)cc1. The number of H-pyrrole nitrogens is 1. The number of benzene rings is 3. The maximum Gasteiger partial charge on any atom is 0.322 e. The van der Waals surface area contributed by atoms with Crippen LogP contribution in [0.25, 0.3) is 10.9 Å². The molecule has 4 aromatic rings. The van der Waals surface area contributed by atoms with Gasteiger partial charge >= 0.3 is 6.03 Å². The molecule has 0 saturated heterocycles. The van der Waals surface area contributed by atoms with Crippen LogP contribution >= 0.6 is 11.6 Å². The zero-order valence-corrected chi connectivity index (χ0v) is 22.9. The van der Waals surface area contributed by atoms with Gasteiger partial charge in [0.2, 0.25) is 5.91 Å². The second kappa shape index (κ2) is 13.7. The summed E-state index contributed by atoms with van der Waals surface area (Å²) < 4.78 is 10.7. The monoisotopic (exact) mass is 548 g/mol. The van der Waals surface area contributed by atoms with Gasteiger partial charge in [-0.15, -0.1) is 0 Å². The fraction of sp³-hybridized carbons (Fsp3) is 0.267. The zero-order chi connectivity index (χ0) is 27.6. The van der Waals surface area contributed by atoms with Gasteiger partial charge in [-0.2, -0.15) is 0 Å². The number of urea groups is 1. The molecular formula is C30H33ClN4O4. The maximum absolute atomic E-state index is 13.7. The van der Waals surface area contributed by atoms with Crippen LogP contribution in [-0.4, -0.2) is 67.2 Å². The third-order valence-corrected chi connectivity index (χ3v) is 6.76. The molecule has 1 aromatic heterocycles. The van der Waals surface area contributed by atoms with Crippen molar-refractivity contribution in [3.8, 4) is 5.75 Å². The summed E-state index contributed by atoms with van der Waals surface area (Å²) >= 11 is 5.97. The number of hydrogen-bond donors (Lipinski definition) is 2. The first kappa shape index (κ1) is 28.0. The molecule has 0 unspecified atom stereocenters. The molecule has 3 aromatic carbocycles. The van der Waals surface area contributed by atoms with Gasteiger partial charge in [0.15, 0.2) is 0 Å². The zero-order valence-electron chi connectivity index (χ0n) is 22.2. The maximum atomic E-state index is 13.7. The topological polar surface area (TPSA) is 86.9 Å². The molecule has 0 aliphatic heterocycles. The third kappa shape index (κ3) is 7.52. The van der Waals surface area contributed by atoms with Gasteiger partial charge in [0.1, 0.15) is 12.3 Å². The number of aromatic nitrogens is 1. The molecule has 4 rings (SSSR count). The molecule has 0 fully saturated rings. The van der Waals surface area contributed by atoms with E-state index in [9.17, 15) is 9.59 Å². The summed E-state index contributed by atoms with van der Waals surface area (Å²) in [4.78, 5) is 33.4. The molecule has 0 spiro atoms. The summed E-state index contributed by atoms with van der Waals surface area (Å²) in [7, 11) is 3.18. The molecule has 9 heteroatoms. The summed E-state index contributed by atoms with van der Waals surface area (Å²) in [6.07, 6.45) is 2.64. The highest BCUT2D eigenvalue weighted by molar-refractivity contribution is 6.30. The van der Waals surface area contributed by atoms with Gasteiger partial charge < -0.3 is 29.6 Å². The van der Waals surface area contributed by atoms with E-state index in [2.05, 4.69) is 16.4 Å². The fourth-order valence-electron chi connectivity index (χ4n) is 4.38. The summed E-state index contributed by atoms with van der Waals surface area (Å²) in [6.45, 7) is 1.26. The molecule has 204 valence electrons. The first-order valence-corrected chi connectivity index (χ1v) is 13.1. The van der Waals surface area contributed by atoms with Crippen LogP contribution in [0.5, 0.6) is 5.75 Å². The van der Waals surface area contributed by atoms with Gasteiger partial charge in [-0.25, -0.2) is 4.79 Å². The predicted octanol–water partition coefficient (Wildman–Crippen LogP) is 5.58. The molecule has 0 radical (unpaired) electrons. The van der Waals surface area contributed by atoms with Crippen molar-refractivity contribution in [2.24, 2.45) is 0 Å². The van der Waals surface area contributed by atoms with Gasteiger partial charge in [-0.05, 0) is 48.4 Å². The van der Waals surface area contributed by atoms with Crippen LogP contribution < -0.4 is 10.1 Å². The van der Waals surface area contributed by atoms with Crippen molar-refractivity contribution >= 4 is 40.1 Å². The number of rotatable bonds is 12. The number of carbonyl (C=O) groups excluding carboxylic acids is 2. The van der Waals surface area contributed by atoms with E-state index in [0.29, 0.717) is 42.6 Å². The lowest BCUT2D eigenvalue weighted by atomic mass is 10.1. The summed E-state index contributed by atoms with van der Waals surface area (Å²) in [5, 5.41) is 4.54. The molecule has 1 heterocycles. The number of para-hydroxylation sites is 2. The highest BCUT2D eigenvalue weighted by atomic mass is 35.5. The van der Waals surface area contributed by atoms with E-state index < -0.39 is 6.03 Å². The van der Waals surface area contributed by atoms with Crippen molar-refractivity contribution in [1.29, 1.82) is 0 Å². The lowest BCUT2D eigenvalue weighted by Gasteiger charge is -2.28. The number of halogens is 1. The number of ether oxygens (including phenoxy) is 2. The minimum absolute atomic E-state index is 0.105. The lowest BCUT2D eigenvalue weighted by molar-refractivity contribution is -0.132. The summed E-state index contributed by atoms with van der Waals surface area (Å²) in [5.74, 6) is 0.530. The molecular weight excluding hydrogens is 516 g/mol. The number of anilines is 1. The van der Waals surface area contributed by atoms with E-state index in [1.54, 1.807) is 43.4 Å². The van der Waals surface area contributed by atoms with Crippen molar-refractivity contribution in [3.63, 3.8) is 0 Å². The molecule has 0 atom stereocenters. The van der Waals surface area contributed by atoms with Crippen LogP contribution in [0.1, 0.15) is 11.1 Å². The average Bonchev–Trinajstić information content (AvgIpc) is 3.37. The number of aromatic amines is 1. The number of fused-ring (bicyclic) bond motifs is 1. The molecule has 0 aliphatic carbocycles. The fourth-order valence-corrected chi connectivity index (χ4v) is 4.50. The Balaban J connectivity index is 1.53. The first-order chi connectivity index (χ1) is 19.0. The lowest BCUT2D eigenvalue weighted by Crippen LogP contribution is -2.46. The number of amides is 3. The van der Waals surface area contributed by atoms with Gasteiger partial charge in [0.25, 0.3) is 0 Å². The Kier molecular flexibility index (Phi) is 9.83. The smallest absolute Gasteiger partial charge is 0.322 e. The van der Waals surface area contributed by atoms with Crippen LogP contribution in [0.2, 0.25) is 5.02 Å². The molecule has 0 aliphatic rings. The Labute approximate surface area is 233 Å². The van der Waals surface area contributed by atoms with E-state index in [-0.39, 0.29) is 19.0 Å². The number of carbonyl (C=O) groups is 2. The minimum atomic E-state index is -0.392. The van der Waals surface area contributed by atoms with E-state index in [0.717, 1.165) is 22.0 Å². The number of nitrogens with zero attached hydrogens (tertiary/aromatic N) is 2. The van der Waals surface area contributed by atoms with E-state index in [4.69, 9.17) is 21.1 Å². The Morgan fingerprint density at radius 3 is 2.41 bits per heavy atom. The van der Waals surface area contributed by atoms with Crippen molar-refractivity contribution < 1.29 is 19.1 Å². The van der Waals surface area contributed by atoms with E-state index >= 15 is 0 Å². The highest BCUT2D eigenvalue weighted by Crippen LogP contribution is 2.22. The van der Waals surface area contributed by atoms with Gasteiger partial charge in [-0.1, -0.05) is 48.0 Å². The summed E-state index contributed by atoms with van der Waals surface area (Å²) in [5.41, 5.74) is 3.66. The van der Waals surface area contributed by atoms with Crippen LogP contribution in [0, 0.1) is 0 Å². The molecule has 3 amide bonds. The van der Waals surface area contributed by atoms with E-state index in [1.807, 2.05) is 48.7 Å². The Morgan fingerprint density at radius 1 is 0.897 bits per heavy atom. The standard InChI is InChI=1S/C30H33ClN4O4/c1-38-18-17-35(30(37)33-25-13-11-24(31)12-14-25)21-29(36)34(20-23-7-3-6-10-28(23)39-2)16-15-22-19-32-27-9-5-4-8-26(22)27/h3-14,19,32H,15-18,20-21H2,1-2H3,(H,33,37). The van der Waals surface area contributed by atoms with Gasteiger partial charge in [-0.3, -0.25) is 4.79 Å². The highest BCUT2D eigenvalue weighted by Gasteiger charge is 2.23. The third-order valence-electron chi connectivity index (χ3n) is 6.51. The van der Waals surface area contributed by atoms with Crippen LogP contribution in [0.4, 0.5) is 10.5 Å². The molecule has 2 N–H and O–H groups in total. The normalized spacial score (nSPS) is 10.8. The van der Waals surface area contributed by atoms with Crippen LogP contribution in [0.3, 0.4) is 0 Å². The van der Waals surface area contributed by atoms with Crippen molar-refractivity contribution in [2.75, 3.05) is 45.8 Å². The van der Waals surface area contributed by atoms with Crippen LogP contribution in [-0.2, 0) is 22.5 Å². The average molecular weight is 549 g/mol. The van der Waals surface area contributed by atoms with Crippen molar-refractivity contribution in [3.05, 3.63) is 95.1 Å². The second-order valence-corrected chi connectivity index (χ2v) is 9.52. The molecule has 8 nitrogen and oxygen atoms in total. The van der Waals surface area contributed by atoms with E-state index in [1.165, 1.54) is 4.90 Å². The summed E-state index contributed by atoms with van der Waals surface area (Å²) in [6, 6.07) is 22.2. The van der Waals surface area contributed by atoms with Gasteiger partial charge in [0, 0.05) is 60.1 Å². The van der Waals surface area contributed by atoms with Gasteiger partial charge in [0.05, 0.1) is 13.7 Å². The van der Waals surface area contributed by atoms with Crippen molar-refractivity contribution in [1.82, 2.24) is 14.8 Å². The Morgan fingerprint density at radius 2 is 1.64 bits per heavy atom. The minimum Gasteiger partial charge on any atom is -0.496 e. The quantitative estimate of drug-likeness (QED) is 0.242. The molecule has 0 bridgehead atoms. The van der Waals surface area contributed by atoms with Crippen LogP contribution in [0.15, 0.2) is 79.0 Å². The number of hydrogen-bond acceptors (Lipinski definition) is 4. The van der Waals surface area contributed by atoms with Crippen molar-refractivity contribution in [2.45, 2.75) is 13.0 Å². The Hall–Kier alpha value is -4.01.